The number of halogens is 1. The van der Waals surface area contributed by atoms with Gasteiger partial charge in [0.25, 0.3) is 0 Å². The van der Waals surface area contributed by atoms with Crippen molar-refractivity contribution < 1.29 is 4.79 Å². The number of fused-ring (bicyclic) bond motifs is 1. The van der Waals surface area contributed by atoms with Crippen LogP contribution in [0, 0.1) is 5.92 Å². The molecule has 2 aliphatic heterocycles. The number of hydrogen-bond acceptors (Lipinski definition) is 3. The molecule has 108 valence electrons. The van der Waals surface area contributed by atoms with Gasteiger partial charge in [0.1, 0.15) is 6.04 Å². The van der Waals surface area contributed by atoms with E-state index in [0.29, 0.717) is 5.02 Å². The molecule has 2 atom stereocenters. The van der Waals surface area contributed by atoms with E-state index >= 15 is 0 Å². The maximum absolute atomic E-state index is 11.6. The zero-order valence-electron chi connectivity index (χ0n) is 11.7. The summed E-state index contributed by atoms with van der Waals surface area (Å²) >= 11 is 6.41. The molecule has 1 aromatic carbocycles. The molecule has 1 saturated heterocycles. The van der Waals surface area contributed by atoms with Crippen LogP contribution in [0.2, 0.25) is 5.02 Å². The molecule has 0 aliphatic carbocycles. The summed E-state index contributed by atoms with van der Waals surface area (Å²) in [5.74, 6) is 0.610. The van der Waals surface area contributed by atoms with Crippen molar-refractivity contribution in [3.05, 3.63) is 22.7 Å². The zero-order chi connectivity index (χ0) is 14.3. The lowest BCUT2D eigenvalue weighted by Gasteiger charge is -2.24. The van der Waals surface area contributed by atoms with Gasteiger partial charge in [-0.15, -0.1) is 0 Å². The fourth-order valence-corrected chi connectivity index (χ4v) is 3.33. The van der Waals surface area contributed by atoms with Gasteiger partial charge < -0.3 is 16.0 Å². The van der Waals surface area contributed by atoms with E-state index in [4.69, 9.17) is 17.3 Å². The minimum atomic E-state index is -0.597. The topological polar surface area (TPSA) is 58.4 Å². The number of nitrogens with one attached hydrogen (secondary N) is 1. The first-order chi connectivity index (χ1) is 9.56. The highest BCUT2D eigenvalue weighted by Crippen LogP contribution is 2.38. The monoisotopic (exact) mass is 293 g/mol. The maximum atomic E-state index is 11.6. The van der Waals surface area contributed by atoms with Crippen LogP contribution in [0.5, 0.6) is 0 Å². The Balaban J connectivity index is 1.91. The van der Waals surface area contributed by atoms with Crippen molar-refractivity contribution in [1.82, 2.24) is 0 Å². The average molecular weight is 294 g/mol. The van der Waals surface area contributed by atoms with Crippen molar-refractivity contribution in [2.45, 2.75) is 32.2 Å². The van der Waals surface area contributed by atoms with E-state index in [2.05, 4.69) is 17.1 Å². The van der Waals surface area contributed by atoms with Crippen LogP contribution >= 0.6 is 11.6 Å². The third kappa shape index (κ3) is 2.38. The van der Waals surface area contributed by atoms with Gasteiger partial charge in [0.2, 0.25) is 5.91 Å². The SMILES string of the molecule is CC1CCCN(c2cc3c(cc2Cl)C(N)C(=O)N3)CC1. The van der Waals surface area contributed by atoms with Gasteiger partial charge in [-0.2, -0.15) is 0 Å². The molecule has 5 heteroatoms. The zero-order valence-corrected chi connectivity index (χ0v) is 12.4. The smallest absolute Gasteiger partial charge is 0.245 e. The van der Waals surface area contributed by atoms with E-state index < -0.39 is 6.04 Å². The van der Waals surface area contributed by atoms with E-state index in [0.717, 1.165) is 35.9 Å². The minimum absolute atomic E-state index is 0.155. The third-order valence-electron chi connectivity index (χ3n) is 4.35. The highest BCUT2D eigenvalue weighted by molar-refractivity contribution is 6.33. The number of nitrogens with two attached hydrogens (primary N) is 1. The van der Waals surface area contributed by atoms with Crippen molar-refractivity contribution in [2.75, 3.05) is 23.3 Å². The van der Waals surface area contributed by atoms with Crippen molar-refractivity contribution in [3.8, 4) is 0 Å². The van der Waals surface area contributed by atoms with Crippen LogP contribution in [-0.2, 0) is 4.79 Å². The maximum Gasteiger partial charge on any atom is 0.245 e. The molecule has 0 aromatic heterocycles. The molecular weight excluding hydrogens is 274 g/mol. The second-order valence-electron chi connectivity index (χ2n) is 5.88. The van der Waals surface area contributed by atoms with Gasteiger partial charge >= 0.3 is 0 Å². The Kier molecular flexibility index (Phi) is 3.61. The summed E-state index contributed by atoms with van der Waals surface area (Å²) in [6, 6.07) is 3.21. The summed E-state index contributed by atoms with van der Waals surface area (Å²) in [4.78, 5) is 14.0. The first-order valence-electron chi connectivity index (χ1n) is 7.21. The largest absolute Gasteiger partial charge is 0.370 e. The molecule has 2 aliphatic rings. The van der Waals surface area contributed by atoms with Crippen LogP contribution < -0.4 is 16.0 Å². The fraction of sp³-hybridized carbons (Fsp3) is 0.533. The van der Waals surface area contributed by atoms with Gasteiger partial charge in [-0.05, 0) is 37.3 Å². The number of benzene rings is 1. The Labute approximate surface area is 124 Å². The number of anilines is 2. The second-order valence-corrected chi connectivity index (χ2v) is 6.29. The van der Waals surface area contributed by atoms with E-state index in [1.54, 1.807) is 0 Å². The molecule has 3 rings (SSSR count). The van der Waals surface area contributed by atoms with Gasteiger partial charge in [-0.3, -0.25) is 4.79 Å². The molecule has 1 amide bonds. The second kappa shape index (κ2) is 5.26. The Bertz CT molecular complexity index is 546. The highest BCUT2D eigenvalue weighted by atomic mass is 35.5. The molecule has 2 heterocycles. The highest BCUT2D eigenvalue weighted by Gasteiger charge is 2.29. The summed E-state index contributed by atoms with van der Waals surface area (Å²) < 4.78 is 0. The molecule has 20 heavy (non-hydrogen) atoms. The predicted molar refractivity (Wildman–Crippen MR) is 82.2 cm³/mol. The lowest BCUT2D eigenvalue weighted by atomic mass is 10.0. The molecule has 4 nitrogen and oxygen atoms in total. The van der Waals surface area contributed by atoms with E-state index in [1.165, 1.54) is 19.3 Å². The van der Waals surface area contributed by atoms with Crippen molar-refractivity contribution in [3.63, 3.8) is 0 Å². The van der Waals surface area contributed by atoms with Crippen LogP contribution in [0.25, 0.3) is 0 Å². The Hall–Kier alpha value is -1.26. The lowest BCUT2D eigenvalue weighted by Crippen LogP contribution is -2.24. The van der Waals surface area contributed by atoms with Crippen LogP contribution in [0.1, 0.15) is 37.8 Å². The molecule has 0 spiro atoms. The average Bonchev–Trinajstić information content (AvgIpc) is 2.60. The van der Waals surface area contributed by atoms with Crippen molar-refractivity contribution in [2.24, 2.45) is 11.7 Å². The summed E-state index contributed by atoms with van der Waals surface area (Å²) in [5, 5.41) is 3.51. The normalized spacial score (nSPS) is 26.1. The van der Waals surface area contributed by atoms with Crippen LogP contribution in [0.4, 0.5) is 11.4 Å². The number of nitrogens with zero attached hydrogens (tertiary/aromatic N) is 1. The van der Waals surface area contributed by atoms with Crippen LogP contribution in [0.15, 0.2) is 12.1 Å². The molecule has 0 saturated carbocycles. The summed E-state index contributed by atoms with van der Waals surface area (Å²) in [7, 11) is 0. The van der Waals surface area contributed by atoms with E-state index in [-0.39, 0.29) is 5.91 Å². The quantitative estimate of drug-likeness (QED) is 0.837. The van der Waals surface area contributed by atoms with Crippen molar-refractivity contribution in [1.29, 1.82) is 0 Å². The molecule has 1 aromatic rings. The predicted octanol–water partition coefficient (Wildman–Crippen LogP) is 2.92. The summed E-state index contributed by atoms with van der Waals surface area (Å²) in [6.07, 6.45) is 3.63. The van der Waals surface area contributed by atoms with Gasteiger partial charge in [0, 0.05) is 24.3 Å². The first-order valence-corrected chi connectivity index (χ1v) is 7.59. The number of carbonyl (C=O) groups is 1. The van der Waals surface area contributed by atoms with Crippen LogP contribution in [0.3, 0.4) is 0 Å². The van der Waals surface area contributed by atoms with E-state index in [1.807, 2.05) is 12.1 Å². The Morgan fingerprint density at radius 1 is 1.35 bits per heavy atom. The van der Waals surface area contributed by atoms with E-state index in [9.17, 15) is 4.79 Å². The van der Waals surface area contributed by atoms with Gasteiger partial charge in [0.15, 0.2) is 0 Å². The minimum Gasteiger partial charge on any atom is -0.370 e. The lowest BCUT2D eigenvalue weighted by molar-refractivity contribution is -0.116. The van der Waals surface area contributed by atoms with Gasteiger partial charge in [-0.25, -0.2) is 0 Å². The fourth-order valence-electron chi connectivity index (χ4n) is 3.04. The Morgan fingerprint density at radius 2 is 2.15 bits per heavy atom. The number of hydrogen-bond donors (Lipinski definition) is 2. The molecule has 3 N–H and O–H groups in total. The number of carbonyl (C=O) groups excluding carboxylic acids is 1. The number of rotatable bonds is 1. The number of amides is 1. The van der Waals surface area contributed by atoms with Crippen molar-refractivity contribution >= 4 is 28.9 Å². The third-order valence-corrected chi connectivity index (χ3v) is 4.65. The summed E-state index contributed by atoms with van der Waals surface area (Å²) in [6.45, 7) is 4.33. The van der Waals surface area contributed by atoms with Gasteiger partial charge in [-0.1, -0.05) is 18.5 Å². The van der Waals surface area contributed by atoms with Gasteiger partial charge in [0.05, 0.1) is 10.7 Å². The van der Waals surface area contributed by atoms with Crippen LogP contribution in [-0.4, -0.2) is 19.0 Å². The summed E-state index contributed by atoms with van der Waals surface area (Å²) in [5.41, 5.74) is 8.46. The molecule has 0 radical (unpaired) electrons. The standard InChI is InChI=1S/C15H20ClN3O/c1-9-3-2-5-19(6-4-9)13-8-12-10(7-11(13)16)14(17)15(20)18-12/h7-9,14H,2-6,17H2,1H3,(H,18,20). The molecular formula is C15H20ClN3O. The molecule has 0 bridgehead atoms. The first kappa shape index (κ1) is 13.7. The molecule has 1 fully saturated rings. The Morgan fingerprint density at radius 3 is 2.95 bits per heavy atom. The molecule has 2 unspecified atom stereocenters.